The first-order valence-corrected chi connectivity index (χ1v) is 8.63. The Balaban J connectivity index is 1.58. The Labute approximate surface area is 146 Å². The van der Waals surface area contributed by atoms with E-state index < -0.39 is 0 Å². The standard InChI is InChI=1S/C18H22N4O3/c1-25-18-5-2-13(23)10-16(18)22(9-6-18)17(24)15-11-14(20-21-15)12-3-7-19-8-4-12/h3-4,7-8,11,13,16,23H,2,5-6,9-10H2,1H3,(H,20,21)/t13-,16-,18+/m0/s1. The molecule has 0 bridgehead atoms. The molecule has 1 amide bonds. The molecule has 3 atom stereocenters. The third-order valence-corrected chi connectivity index (χ3v) is 5.61. The molecular weight excluding hydrogens is 320 g/mol. The van der Waals surface area contributed by atoms with Gasteiger partial charge in [-0.2, -0.15) is 5.10 Å². The van der Waals surface area contributed by atoms with E-state index in [0.29, 0.717) is 24.4 Å². The SMILES string of the molecule is CO[C@@]12CC[C@H](O)C[C@@H]1N(C(=O)c1cc(-c3ccncc3)n[nH]1)CC2. The molecule has 7 nitrogen and oxygen atoms in total. The zero-order valence-corrected chi connectivity index (χ0v) is 14.2. The van der Waals surface area contributed by atoms with E-state index in [1.807, 2.05) is 17.0 Å². The van der Waals surface area contributed by atoms with Gasteiger partial charge in [0, 0.05) is 31.6 Å². The normalized spacial score (nSPS) is 28.8. The second-order valence-electron chi connectivity index (χ2n) is 6.86. The van der Waals surface area contributed by atoms with Crippen LogP contribution in [0.25, 0.3) is 11.3 Å². The molecule has 1 aliphatic carbocycles. The van der Waals surface area contributed by atoms with Crippen LogP contribution in [0.5, 0.6) is 0 Å². The summed E-state index contributed by atoms with van der Waals surface area (Å²) in [5.41, 5.74) is 1.75. The summed E-state index contributed by atoms with van der Waals surface area (Å²) < 4.78 is 5.80. The first-order valence-electron chi connectivity index (χ1n) is 8.63. The minimum absolute atomic E-state index is 0.0918. The van der Waals surface area contributed by atoms with E-state index in [1.54, 1.807) is 25.6 Å². The van der Waals surface area contributed by atoms with Crippen LogP contribution in [0.15, 0.2) is 30.6 Å². The molecule has 132 valence electrons. The quantitative estimate of drug-likeness (QED) is 0.884. The van der Waals surface area contributed by atoms with Gasteiger partial charge >= 0.3 is 0 Å². The number of hydrogen-bond donors (Lipinski definition) is 2. The first-order chi connectivity index (χ1) is 12.1. The lowest BCUT2D eigenvalue weighted by Gasteiger charge is -2.42. The number of likely N-dealkylation sites (tertiary alicyclic amines) is 1. The fraction of sp³-hybridized carbons (Fsp3) is 0.500. The van der Waals surface area contributed by atoms with E-state index in [9.17, 15) is 9.90 Å². The van der Waals surface area contributed by atoms with Crippen molar-refractivity contribution in [2.75, 3.05) is 13.7 Å². The van der Waals surface area contributed by atoms with Crippen molar-refractivity contribution in [2.45, 2.75) is 43.4 Å². The minimum atomic E-state index is -0.379. The number of carbonyl (C=O) groups excluding carboxylic acids is 1. The number of pyridine rings is 1. The van der Waals surface area contributed by atoms with Gasteiger partial charge in [-0.1, -0.05) is 0 Å². The van der Waals surface area contributed by atoms with Crippen molar-refractivity contribution in [3.05, 3.63) is 36.3 Å². The third kappa shape index (κ3) is 2.73. The monoisotopic (exact) mass is 342 g/mol. The van der Waals surface area contributed by atoms with Crippen LogP contribution in [0.4, 0.5) is 0 Å². The van der Waals surface area contributed by atoms with Crippen LogP contribution in [-0.4, -0.2) is 62.5 Å². The lowest BCUT2D eigenvalue weighted by molar-refractivity contribution is -0.0824. The van der Waals surface area contributed by atoms with Crippen molar-refractivity contribution >= 4 is 5.91 Å². The van der Waals surface area contributed by atoms with Gasteiger partial charge in [-0.25, -0.2) is 0 Å². The number of aliphatic hydroxyl groups excluding tert-OH is 1. The molecule has 2 aromatic rings. The summed E-state index contributed by atoms with van der Waals surface area (Å²) in [7, 11) is 1.70. The van der Waals surface area contributed by atoms with Crippen molar-refractivity contribution < 1.29 is 14.6 Å². The zero-order valence-electron chi connectivity index (χ0n) is 14.2. The molecule has 2 aromatic heterocycles. The lowest BCUT2D eigenvalue weighted by atomic mass is 9.79. The molecule has 2 N–H and O–H groups in total. The van der Waals surface area contributed by atoms with Crippen LogP contribution < -0.4 is 0 Å². The van der Waals surface area contributed by atoms with Crippen LogP contribution in [0.2, 0.25) is 0 Å². The summed E-state index contributed by atoms with van der Waals surface area (Å²) in [6.07, 6.45) is 5.89. The Morgan fingerprint density at radius 2 is 2.20 bits per heavy atom. The Hall–Kier alpha value is -2.25. The number of methoxy groups -OCH3 is 1. The number of nitrogens with one attached hydrogen (secondary N) is 1. The number of aromatic amines is 1. The molecule has 1 aliphatic heterocycles. The summed E-state index contributed by atoms with van der Waals surface area (Å²) >= 11 is 0. The van der Waals surface area contributed by atoms with Gasteiger partial charge in [-0.3, -0.25) is 14.9 Å². The molecule has 25 heavy (non-hydrogen) atoms. The van der Waals surface area contributed by atoms with Crippen LogP contribution in [0, 0.1) is 0 Å². The molecule has 3 heterocycles. The predicted octanol–water partition coefficient (Wildman–Crippen LogP) is 1.62. The Bertz CT molecular complexity index is 763. The number of aromatic nitrogens is 3. The van der Waals surface area contributed by atoms with Crippen molar-refractivity contribution in [2.24, 2.45) is 0 Å². The van der Waals surface area contributed by atoms with Crippen LogP contribution in [0.3, 0.4) is 0 Å². The number of nitrogens with zero attached hydrogens (tertiary/aromatic N) is 3. The number of amides is 1. The van der Waals surface area contributed by atoms with Crippen LogP contribution in [-0.2, 0) is 4.74 Å². The highest BCUT2D eigenvalue weighted by molar-refractivity contribution is 5.94. The topological polar surface area (TPSA) is 91.3 Å². The summed E-state index contributed by atoms with van der Waals surface area (Å²) in [5.74, 6) is -0.0918. The van der Waals surface area contributed by atoms with E-state index in [1.165, 1.54) is 0 Å². The van der Waals surface area contributed by atoms with Gasteiger partial charge in [-0.15, -0.1) is 0 Å². The molecule has 1 saturated carbocycles. The molecule has 2 aliphatic rings. The number of ether oxygens (including phenoxy) is 1. The van der Waals surface area contributed by atoms with Crippen molar-refractivity contribution in [1.29, 1.82) is 0 Å². The highest BCUT2D eigenvalue weighted by atomic mass is 16.5. The van der Waals surface area contributed by atoms with Crippen molar-refractivity contribution in [3.63, 3.8) is 0 Å². The molecule has 0 spiro atoms. The molecular formula is C18H22N4O3. The summed E-state index contributed by atoms with van der Waals surface area (Å²) in [5, 5.41) is 17.2. The molecule has 2 fully saturated rings. The van der Waals surface area contributed by atoms with Gasteiger partial charge in [0.15, 0.2) is 0 Å². The Morgan fingerprint density at radius 1 is 1.40 bits per heavy atom. The minimum Gasteiger partial charge on any atom is -0.393 e. The number of fused-ring (bicyclic) bond motifs is 1. The summed E-state index contributed by atoms with van der Waals surface area (Å²) in [6, 6.07) is 5.38. The van der Waals surface area contributed by atoms with Gasteiger partial charge in [0.25, 0.3) is 5.91 Å². The van der Waals surface area contributed by atoms with E-state index in [2.05, 4.69) is 15.2 Å². The smallest absolute Gasteiger partial charge is 0.272 e. The number of H-pyrrole nitrogens is 1. The van der Waals surface area contributed by atoms with E-state index in [-0.39, 0.29) is 23.7 Å². The lowest BCUT2D eigenvalue weighted by Crippen LogP contribution is -2.52. The number of carbonyl (C=O) groups is 1. The van der Waals surface area contributed by atoms with Crippen LogP contribution in [0.1, 0.15) is 36.2 Å². The average Bonchev–Trinajstić information content (AvgIpc) is 3.27. The third-order valence-electron chi connectivity index (χ3n) is 5.61. The largest absolute Gasteiger partial charge is 0.393 e. The van der Waals surface area contributed by atoms with Gasteiger partial charge in [0.1, 0.15) is 5.69 Å². The number of aliphatic hydroxyl groups is 1. The first kappa shape index (κ1) is 16.2. The molecule has 4 rings (SSSR count). The second kappa shape index (κ2) is 6.24. The maximum absolute atomic E-state index is 13.0. The summed E-state index contributed by atoms with van der Waals surface area (Å²) in [6.45, 7) is 0.633. The van der Waals surface area contributed by atoms with Gasteiger partial charge in [0.05, 0.1) is 23.4 Å². The maximum Gasteiger partial charge on any atom is 0.272 e. The average molecular weight is 342 g/mol. The predicted molar refractivity (Wildman–Crippen MR) is 90.9 cm³/mol. The highest BCUT2D eigenvalue weighted by Crippen LogP contribution is 2.42. The molecule has 0 unspecified atom stereocenters. The second-order valence-corrected chi connectivity index (χ2v) is 6.86. The van der Waals surface area contributed by atoms with E-state index in [4.69, 9.17) is 4.74 Å². The van der Waals surface area contributed by atoms with Gasteiger partial charge in [-0.05, 0) is 43.9 Å². The maximum atomic E-state index is 13.0. The Morgan fingerprint density at radius 3 is 2.96 bits per heavy atom. The van der Waals surface area contributed by atoms with Crippen molar-refractivity contribution in [3.8, 4) is 11.3 Å². The van der Waals surface area contributed by atoms with E-state index >= 15 is 0 Å². The van der Waals surface area contributed by atoms with Crippen LogP contribution >= 0.6 is 0 Å². The number of rotatable bonds is 3. The molecule has 1 saturated heterocycles. The highest BCUT2D eigenvalue weighted by Gasteiger charge is 2.52. The van der Waals surface area contributed by atoms with Crippen molar-refractivity contribution in [1.82, 2.24) is 20.1 Å². The Kier molecular flexibility index (Phi) is 4.05. The van der Waals surface area contributed by atoms with Gasteiger partial charge < -0.3 is 14.7 Å². The summed E-state index contributed by atoms with van der Waals surface area (Å²) in [4.78, 5) is 18.8. The molecule has 0 aromatic carbocycles. The fourth-order valence-electron chi connectivity index (χ4n) is 4.18. The molecule has 7 heteroatoms. The molecule has 0 radical (unpaired) electrons. The van der Waals surface area contributed by atoms with E-state index in [0.717, 1.165) is 24.8 Å². The van der Waals surface area contributed by atoms with Gasteiger partial charge in [0.2, 0.25) is 0 Å². The zero-order chi connectivity index (χ0) is 17.4. The fourth-order valence-corrected chi connectivity index (χ4v) is 4.18. The number of hydrogen-bond acceptors (Lipinski definition) is 5.